The Morgan fingerprint density at radius 3 is 2.42 bits per heavy atom. The second-order valence-electron chi connectivity index (χ2n) is 5.23. The zero-order chi connectivity index (χ0) is 17.4. The van der Waals surface area contributed by atoms with E-state index >= 15 is 0 Å². The molecule has 0 aliphatic heterocycles. The fraction of sp³-hybridized carbons (Fsp3) is 0.278. The third-order valence-corrected chi connectivity index (χ3v) is 5.12. The monoisotopic (exact) mass is 385 g/mol. The molecule has 0 unspecified atom stereocenters. The lowest BCUT2D eigenvalue weighted by Gasteiger charge is -2.08. The van der Waals surface area contributed by atoms with Gasteiger partial charge in [-0.05, 0) is 41.8 Å². The number of amides is 1. The second kappa shape index (κ2) is 9.92. The highest BCUT2D eigenvalue weighted by atomic mass is 35.5. The van der Waals surface area contributed by atoms with E-state index in [-0.39, 0.29) is 11.7 Å². The van der Waals surface area contributed by atoms with Crippen LogP contribution in [0.15, 0.2) is 42.5 Å². The van der Waals surface area contributed by atoms with E-state index in [1.54, 1.807) is 23.9 Å². The van der Waals surface area contributed by atoms with Crippen molar-refractivity contribution in [1.29, 1.82) is 0 Å². The summed E-state index contributed by atoms with van der Waals surface area (Å²) < 4.78 is 12.8. The Labute approximate surface area is 155 Å². The largest absolute Gasteiger partial charge is 0.355 e. The molecule has 0 spiro atoms. The Hall–Kier alpha value is -1.23. The topological polar surface area (TPSA) is 29.1 Å². The van der Waals surface area contributed by atoms with Gasteiger partial charge in [0.1, 0.15) is 5.82 Å². The van der Waals surface area contributed by atoms with Crippen molar-refractivity contribution >= 4 is 40.9 Å². The van der Waals surface area contributed by atoms with Crippen LogP contribution in [0.3, 0.4) is 0 Å². The van der Waals surface area contributed by atoms with E-state index in [4.69, 9.17) is 23.2 Å². The normalized spacial score (nSPS) is 10.6. The van der Waals surface area contributed by atoms with Crippen LogP contribution in [-0.2, 0) is 17.0 Å². The molecule has 0 bridgehead atoms. The molecule has 0 saturated heterocycles. The lowest BCUT2D eigenvalue weighted by molar-refractivity contribution is -0.120. The van der Waals surface area contributed by atoms with E-state index in [2.05, 4.69) is 5.32 Å². The maximum absolute atomic E-state index is 12.8. The Kier molecular flexibility index (Phi) is 7.89. The van der Waals surface area contributed by atoms with E-state index in [1.807, 2.05) is 18.2 Å². The molecule has 0 atom stereocenters. The predicted octanol–water partition coefficient (Wildman–Crippen LogP) is 5.11. The van der Waals surface area contributed by atoms with Crippen LogP contribution in [0.1, 0.15) is 17.5 Å². The van der Waals surface area contributed by atoms with Crippen LogP contribution < -0.4 is 5.32 Å². The SMILES string of the molecule is O=C(CCc1ccc(F)cc1)NCCSCc1c(Cl)cccc1Cl. The van der Waals surface area contributed by atoms with Crippen LogP contribution in [0.2, 0.25) is 10.0 Å². The van der Waals surface area contributed by atoms with Gasteiger partial charge < -0.3 is 5.32 Å². The van der Waals surface area contributed by atoms with E-state index < -0.39 is 0 Å². The fourth-order valence-corrected chi connectivity index (χ4v) is 3.70. The molecule has 6 heteroatoms. The van der Waals surface area contributed by atoms with Crippen molar-refractivity contribution in [3.8, 4) is 0 Å². The van der Waals surface area contributed by atoms with Crippen molar-refractivity contribution in [1.82, 2.24) is 5.32 Å². The third-order valence-electron chi connectivity index (χ3n) is 3.43. The van der Waals surface area contributed by atoms with Crippen molar-refractivity contribution < 1.29 is 9.18 Å². The molecule has 1 N–H and O–H groups in total. The summed E-state index contributed by atoms with van der Waals surface area (Å²) in [5, 5.41) is 4.21. The molecule has 0 aliphatic carbocycles. The first-order chi connectivity index (χ1) is 11.6. The maximum Gasteiger partial charge on any atom is 0.220 e. The second-order valence-corrected chi connectivity index (χ2v) is 7.15. The molecule has 24 heavy (non-hydrogen) atoms. The van der Waals surface area contributed by atoms with Crippen LogP contribution in [-0.4, -0.2) is 18.2 Å². The summed E-state index contributed by atoms with van der Waals surface area (Å²) in [6, 6.07) is 11.7. The van der Waals surface area contributed by atoms with Gasteiger partial charge in [-0.2, -0.15) is 11.8 Å². The van der Waals surface area contributed by atoms with Crippen LogP contribution in [0.25, 0.3) is 0 Å². The van der Waals surface area contributed by atoms with E-state index in [0.29, 0.717) is 35.2 Å². The molecule has 0 aromatic heterocycles. The Morgan fingerprint density at radius 1 is 1.08 bits per heavy atom. The number of carbonyl (C=O) groups excluding carboxylic acids is 1. The number of aryl methyl sites for hydroxylation is 1. The number of halogens is 3. The maximum atomic E-state index is 12.8. The molecular weight excluding hydrogens is 368 g/mol. The van der Waals surface area contributed by atoms with Gasteiger partial charge >= 0.3 is 0 Å². The molecule has 0 radical (unpaired) electrons. The zero-order valence-electron chi connectivity index (χ0n) is 13.0. The minimum absolute atomic E-state index is 0.00398. The van der Waals surface area contributed by atoms with Crippen molar-refractivity contribution in [2.75, 3.05) is 12.3 Å². The summed E-state index contributed by atoms with van der Waals surface area (Å²) in [5.41, 5.74) is 1.88. The first-order valence-electron chi connectivity index (χ1n) is 7.58. The number of hydrogen-bond acceptors (Lipinski definition) is 2. The molecule has 2 nitrogen and oxygen atoms in total. The van der Waals surface area contributed by atoms with Gasteiger partial charge in [-0.15, -0.1) is 0 Å². The molecule has 2 aromatic rings. The summed E-state index contributed by atoms with van der Waals surface area (Å²) in [4.78, 5) is 11.8. The zero-order valence-corrected chi connectivity index (χ0v) is 15.4. The van der Waals surface area contributed by atoms with Gasteiger partial charge in [-0.25, -0.2) is 4.39 Å². The van der Waals surface area contributed by atoms with Gasteiger partial charge in [0.15, 0.2) is 0 Å². The average molecular weight is 386 g/mol. The number of hydrogen-bond donors (Lipinski definition) is 1. The Bertz CT molecular complexity index is 659. The Morgan fingerprint density at radius 2 is 1.75 bits per heavy atom. The predicted molar refractivity (Wildman–Crippen MR) is 100 cm³/mol. The smallest absolute Gasteiger partial charge is 0.220 e. The van der Waals surface area contributed by atoms with Gasteiger partial charge in [-0.1, -0.05) is 41.4 Å². The number of thioether (sulfide) groups is 1. The van der Waals surface area contributed by atoms with Gasteiger partial charge in [0.25, 0.3) is 0 Å². The molecule has 0 saturated carbocycles. The highest BCUT2D eigenvalue weighted by Gasteiger charge is 2.06. The molecule has 1 amide bonds. The number of rotatable bonds is 8. The first kappa shape index (κ1) is 19.1. The molecule has 0 heterocycles. The number of nitrogens with one attached hydrogen (secondary N) is 1. The third kappa shape index (κ3) is 6.34. The first-order valence-corrected chi connectivity index (χ1v) is 9.49. The molecular formula is C18H18Cl2FNOS. The summed E-state index contributed by atoms with van der Waals surface area (Å²) in [7, 11) is 0. The molecule has 0 fully saturated rings. The van der Waals surface area contributed by atoms with Crippen molar-refractivity contribution in [3.05, 3.63) is 69.5 Å². The van der Waals surface area contributed by atoms with Crippen LogP contribution in [0.5, 0.6) is 0 Å². The minimum atomic E-state index is -0.265. The van der Waals surface area contributed by atoms with Gasteiger partial charge in [0, 0.05) is 34.5 Å². The van der Waals surface area contributed by atoms with Gasteiger partial charge in [0.2, 0.25) is 5.91 Å². The number of benzene rings is 2. The molecule has 0 aliphatic rings. The highest BCUT2D eigenvalue weighted by Crippen LogP contribution is 2.27. The Balaban J connectivity index is 1.62. The summed E-state index contributed by atoms with van der Waals surface area (Å²) in [5.74, 6) is 1.22. The summed E-state index contributed by atoms with van der Waals surface area (Å²) in [6.45, 7) is 0.592. The lowest BCUT2D eigenvalue weighted by atomic mass is 10.1. The molecule has 2 aromatic carbocycles. The fourth-order valence-electron chi connectivity index (χ4n) is 2.10. The summed E-state index contributed by atoms with van der Waals surface area (Å²) in [6.07, 6.45) is 1.00. The van der Waals surface area contributed by atoms with Crippen molar-refractivity contribution in [3.63, 3.8) is 0 Å². The van der Waals surface area contributed by atoms with Crippen molar-refractivity contribution in [2.24, 2.45) is 0 Å². The van der Waals surface area contributed by atoms with Gasteiger partial charge in [0.05, 0.1) is 0 Å². The van der Waals surface area contributed by atoms with Crippen LogP contribution >= 0.6 is 35.0 Å². The molecule has 128 valence electrons. The van der Waals surface area contributed by atoms with Crippen LogP contribution in [0, 0.1) is 5.82 Å². The van der Waals surface area contributed by atoms with Crippen LogP contribution in [0.4, 0.5) is 4.39 Å². The summed E-state index contributed by atoms with van der Waals surface area (Å²) >= 11 is 13.9. The minimum Gasteiger partial charge on any atom is -0.355 e. The molecule has 2 rings (SSSR count). The van der Waals surface area contributed by atoms with Crippen molar-refractivity contribution in [2.45, 2.75) is 18.6 Å². The number of carbonyl (C=O) groups is 1. The average Bonchev–Trinajstić information content (AvgIpc) is 2.56. The van der Waals surface area contributed by atoms with E-state index in [1.165, 1.54) is 12.1 Å². The standard InChI is InChI=1S/C18H18Cl2FNOS/c19-16-2-1-3-17(20)15(16)12-24-11-10-22-18(23)9-6-13-4-7-14(21)8-5-13/h1-5,7-8H,6,9-12H2,(H,22,23). The lowest BCUT2D eigenvalue weighted by Crippen LogP contribution is -2.25. The van der Waals surface area contributed by atoms with E-state index in [9.17, 15) is 9.18 Å². The quantitative estimate of drug-likeness (QED) is 0.639. The van der Waals surface area contributed by atoms with Gasteiger partial charge in [-0.3, -0.25) is 4.79 Å². The van der Waals surface area contributed by atoms with E-state index in [0.717, 1.165) is 16.9 Å². The highest BCUT2D eigenvalue weighted by molar-refractivity contribution is 7.98.